The zero-order valence-electron chi connectivity index (χ0n) is 12.4. The number of aryl methyl sites for hydroxylation is 1. The van der Waals surface area contributed by atoms with Crippen LogP contribution in [0.25, 0.3) is 0 Å². The van der Waals surface area contributed by atoms with Gasteiger partial charge < -0.3 is 15.4 Å². The Morgan fingerprint density at radius 3 is 2.62 bits per heavy atom. The van der Waals surface area contributed by atoms with Gasteiger partial charge in [-0.25, -0.2) is 9.97 Å². The van der Waals surface area contributed by atoms with E-state index < -0.39 is 0 Å². The predicted molar refractivity (Wildman–Crippen MR) is 89.5 cm³/mol. The summed E-state index contributed by atoms with van der Waals surface area (Å²) in [5.74, 6) is 3.12. The van der Waals surface area contributed by atoms with Crippen LogP contribution >= 0.6 is 15.9 Å². The Hall–Kier alpha value is -1.82. The van der Waals surface area contributed by atoms with E-state index in [1.165, 1.54) is 0 Å². The standard InChI is InChI=1S/C15H19BrN4O/c1-4-7-17-14-9-15(19-10(2)18-14)20-11-5-6-13(21-3)12(16)8-11/h5-6,8-9H,4,7H2,1-3H3,(H2,17,18,19,20). The van der Waals surface area contributed by atoms with Crippen molar-refractivity contribution in [2.75, 3.05) is 24.3 Å². The first-order valence-electron chi connectivity index (χ1n) is 6.82. The van der Waals surface area contributed by atoms with Crippen molar-refractivity contribution in [3.63, 3.8) is 0 Å². The number of hydrogen-bond donors (Lipinski definition) is 2. The average molecular weight is 351 g/mol. The maximum Gasteiger partial charge on any atom is 0.136 e. The molecule has 1 heterocycles. The molecule has 0 spiro atoms. The lowest BCUT2D eigenvalue weighted by atomic mass is 10.3. The SMILES string of the molecule is CCCNc1cc(Nc2ccc(OC)c(Br)c2)nc(C)n1. The van der Waals surface area contributed by atoms with Crippen molar-refractivity contribution in [2.24, 2.45) is 0 Å². The largest absolute Gasteiger partial charge is 0.496 e. The number of methoxy groups -OCH3 is 1. The number of benzene rings is 1. The molecule has 2 N–H and O–H groups in total. The van der Waals surface area contributed by atoms with E-state index in [1.807, 2.05) is 31.2 Å². The number of ether oxygens (including phenoxy) is 1. The van der Waals surface area contributed by atoms with Crippen molar-refractivity contribution in [1.82, 2.24) is 9.97 Å². The number of nitrogens with one attached hydrogen (secondary N) is 2. The maximum atomic E-state index is 5.22. The monoisotopic (exact) mass is 350 g/mol. The molecule has 21 heavy (non-hydrogen) atoms. The van der Waals surface area contributed by atoms with Crippen LogP contribution in [0.1, 0.15) is 19.2 Å². The van der Waals surface area contributed by atoms with Gasteiger partial charge in [0.2, 0.25) is 0 Å². The van der Waals surface area contributed by atoms with E-state index >= 15 is 0 Å². The first-order valence-corrected chi connectivity index (χ1v) is 7.61. The van der Waals surface area contributed by atoms with E-state index in [4.69, 9.17) is 4.74 Å². The summed E-state index contributed by atoms with van der Waals surface area (Å²) in [6.07, 6.45) is 1.05. The van der Waals surface area contributed by atoms with Gasteiger partial charge in [-0.1, -0.05) is 6.92 Å². The first kappa shape index (κ1) is 15.6. The van der Waals surface area contributed by atoms with Gasteiger partial charge in [-0.15, -0.1) is 0 Å². The first-order chi connectivity index (χ1) is 10.1. The van der Waals surface area contributed by atoms with Crippen molar-refractivity contribution in [3.05, 3.63) is 34.6 Å². The van der Waals surface area contributed by atoms with Crippen molar-refractivity contribution in [3.8, 4) is 5.75 Å². The zero-order valence-corrected chi connectivity index (χ0v) is 14.0. The van der Waals surface area contributed by atoms with Crippen LogP contribution in [-0.2, 0) is 0 Å². The van der Waals surface area contributed by atoms with Crippen LogP contribution in [-0.4, -0.2) is 23.6 Å². The minimum absolute atomic E-state index is 0.728. The highest BCUT2D eigenvalue weighted by Gasteiger charge is 2.05. The quantitative estimate of drug-likeness (QED) is 0.820. The van der Waals surface area contributed by atoms with E-state index in [-0.39, 0.29) is 0 Å². The predicted octanol–water partition coefficient (Wildman–Crippen LogP) is 4.12. The minimum atomic E-state index is 0.728. The van der Waals surface area contributed by atoms with Gasteiger partial charge in [0, 0.05) is 18.3 Å². The summed E-state index contributed by atoms with van der Waals surface area (Å²) in [6, 6.07) is 7.70. The van der Waals surface area contributed by atoms with E-state index in [1.54, 1.807) is 7.11 Å². The second kappa shape index (κ2) is 7.26. The number of aromatic nitrogens is 2. The fraction of sp³-hybridized carbons (Fsp3) is 0.333. The molecule has 0 aliphatic rings. The molecule has 0 bridgehead atoms. The number of anilines is 3. The van der Waals surface area contributed by atoms with Gasteiger partial charge in [0.1, 0.15) is 23.2 Å². The number of nitrogens with zero attached hydrogens (tertiary/aromatic N) is 2. The Balaban J connectivity index is 2.18. The van der Waals surface area contributed by atoms with Crippen molar-refractivity contribution in [1.29, 1.82) is 0 Å². The van der Waals surface area contributed by atoms with Crippen LogP contribution in [0.5, 0.6) is 5.75 Å². The summed E-state index contributed by atoms with van der Waals surface area (Å²) < 4.78 is 6.12. The summed E-state index contributed by atoms with van der Waals surface area (Å²) in [6.45, 7) is 4.89. The second-order valence-corrected chi connectivity index (χ2v) is 5.44. The third-order valence-corrected chi connectivity index (χ3v) is 3.44. The van der Waals surface area contributed by atoms with Crippen LogP contribution in [0, 0.1) is 6.92 Å². The second-order valence-electron chi connectivity index (χ2n) is 4.59. The highest BCUT2D eigenvalue weighted by molar-refractivity contribution is 9.10. The van der Waals surface area contributed by atoms with E-state index in [9.17, 15) is 0 Å². The summed E-state index contributed by atoms with van der Waals surface area (Å²) in [4.78, 5) is 8.77. The molecular weight excluding hydrogens is 332 g/mol. The number of hydrogen-bond acceptors (Lipinski definition) is 5. The molecule has 0 aliphatic carbocycles. The number of rotatable bonds is 6. The third kappa shape index (κ3) is 4.32. The van der Waals surface area contributed by atoms with Crippen LogP contribution in [0.3, 0.4) is 0 Å². The topological polar surface area (TPSA) is 59.1 Å². The molecule has 5 nitrogen and oxygen atoms in total. The molecule has 2 aromatic rings. The van der Waals surface area contributed by atoms with Crippen LogP contribution in [0.2, 0.25) is 0 Å². The lowest BCUT2D eigenvalue weighted by Crippen LogP contribution is -2.05. The van der Waals surface area contributed by atoms with Gasteiger partial charge >= 0.3 is 0 Å². The summed E-state index contributed by atoms with van der Waals surface area (Å²) in [5, 5.41) is 6.55. The summed E-state index contributed by atoms with van der Waals surface area (Å²) in [7, 11) is 1.65. The van der Waals surface area contributed by atoms with Crippen LogP contribution in [0.4, 0.5) is 17.3 Å². The van der Waals surface area contributed by atoms with E-state index in [0.29, 0.717) is 0 Å². The molecule has 112 valence electrons. The maximum absolute atomic E-state index is 5.22. The molecule has 0 saturated carbocycles. The summed E-state index contributed by atoms with van der Waals surface area (Å²) in [5.41, 5.74) is 0.933. The average Bonchev–Trinajstić information content (AvgIpc) is 2.45. The molecule has 0 amide bonds. The van der Waals surface area contributed by atoms with Crippen molar-refractivity contribution < 1.29 is 4.74 Å². The Labute approximate surface area is 133 Å². The molecule has 0 aliphatic heterocycles. The molecule has 0 radical (unpaired) electrons. The number of halogens is 1. The Morgan fingerprint density at radius 2 is 1.95 bits per heavy atom. The zero-order chi connectivity index (χ0) is 15.2. The van der Waals surface area contributed by atoms with Crippen molar-refractivity contribution in [2.45, 2.75) is 20.3 Å². The van der Waals surface area contributed by atoms with Gasteiger partial charge in [-0.2, -0.15) is 0 Å². The highest BCUT2D eigenvalue weighted by Crippen LogP contribution is 2.29. The molecule has 0 atom stereocenters. The molecule has 0 saturated heterocycles. The fourth-order valence-electron chi connectivity index (χ4n) is 1.87. The van der Waals surface area contributed by atoms with Crippen LogP contribution < -0.4 is 15.4 Å². The smallest absolute Gasteiger partial charge is 0.136 e. The molecule has 1 aromatic carbocycles. The van der Waals surface area contributed by atoms with Crippen LogP contribution in [0.15, 0.2) is 28.7 Å². The molecule has 0 unspecified atom stereocenters. The van der Waals surface area contributed by atoms with E-state index in [0.717, 1.165) is 46.3 Å². The molecular formula is C15H19BrN4O. The minimum Gasteiger partial charge on any atom is -0.496 e. The Morgan fingerprint density at radius 1 is 1.19 bits per heavy atom. The normalized spacial score (nSPS) is 10.3. The van der Waals surface area contributed by atoms with Gasteiger partial charge in [-0.05, 0) is 47.5 Å². The Bertz CT molecular complexity index is 619. The molecule has 2 rings (SSSR count). The lowest BCUT2D eigenvalue weighted by molar-refractivity contribution is 0.412. The fourth-order valence-corrected chi connectivity index (χ4v) is 2.41. The van der Waals surface area contributed by atoms with Gasteiger partial charge in [0.05, 0.1) is 11.6 Å². The third-order valence-electron chi connectivity index (χ3n) is 2.82. The van der Waals surface area contributed by atoms with E-state index in [2.05, 4.69) is 43.5 Å². The van der Waals surface area contributed by atoms with Gasteiger partial charge in [0.15, 0.2) is 0 Å². The summed E-state index contributed by atoms with van der Waals surface area (Å²) >= 11 is 3.47. The van der Waals surface area contributed by atoms with Gasteiger partial charge in [-0.3, -0.25) is 0 Å². The van der Waals surface area contributed by atoms with Crippen molar-refractivity contribution >= 4 is 33.3 Å². The van der Waals surface area contributed by atoms with Gasteiger partial charge in [0.25, 0.3) is 0 Å². The molecule has 0 fully saturated rings. The molecule has 1 aromatic heterocycles. The lowest BCUT2D eigenvalue weighted by Gasteiger charge is -2.11. The Kier molecular flexibility index (Phi) is 5.38. The molecule has 6 heteroatoms. The highest BCUT2D eigenvalue weighted by atomic mass is 79.9.